The van der Waals surface area contributed by atoms with Crippen LogP contribution in [0, 0.1) is 0 Å². The van der Waals surface area contributed by atoms with Crippen LogP contribution >= 0.6 is 23.5 Å². The lowest BCUT2D eigenvalue weighted by atomic mass is 9.88. The van der Waals surface area contributed by atoms with Crippen molar-refractivity contribution in [3.05, 3.63) is 89.0 Å². The van der Waals surface area contributed by atoms with Crippen molar-refractivity contribution in [1.29, 1.82) is 0 Å². The van der Waals surface area contributed by atoms with Gasteiger partial charge in [-0.25, -0.2) is 4.79 Å². The molecule has 172 valence electrons. The second kappa shape index (κ2) is 8.87. The number of carbonyl (C=O) groups is 1. The van der Waals surface area contributed by atoms with Gasteiger partial charge in [-0.3, -0.25) is 0 Å². The normalized spacial score (nSPS) is 17.9. The van der Waals surface area contributed by atoms with E-state index in [2.05, 4.69) is 8.75 Å². The molecule has 1 aliphatic heterocycles. The van der Waals surface area contributed by atoms with E-state index in [0.717, 1.165) is 33.4 Å². The van der Waals surface area contributed by atoms with Crippen molar-refractivity contribution < 1.29 is 14.6 Å². The van der Waals surface area contributed by atoms with E-state index in [9.17, 15) is 9.90 Å². The molecular weight excluding hydrogens is 466 g/mol. The number of ether oxygens (including phenoxy) is 1. The molecule has 8 heteroatoms. The molecule has 3 aromatic carbocycles. The smallest absolute Gasteiger partial charge is 0.342 e. The molecule has 4 aromatic rings. The number of nitrogens with zero attached hydrogens (tertiary/aromatic N) is 3. The van der Waals surface area contributed by atoms with Crippen molar-refractivity contribution in [2.24, 2.45) is 0 Å². The quantitative estimate of drug-likeness (QED) is 0.306. The predicted molar refractivity (Wildman–Crippen MR) is 137 cm³/mol. The summed E-state index contributed by atoms with van der Waals surface area (Å²) in [5, 5.41) is 11.8. The number of carbonyl (C=O) groups excluding carboxylic acids is 1. The number of esters is 1. The van der Waals surface area contributed by atoms with Gasteiger partial charge in [-0.15, -0.1) is 11.8 Å². The maximum Gasteiger partial charge on any atom is 0.342 e. The van der Waals surface area contributed by atoms with E-state index < -0.39 is 11.8 Å². The Kier molecular flexibility index (Phi) is 5.89. The summed E-state index contributed by atoms with van der Waals surface area (Å²) in [6.07, 6.45) is 2.34. The maximum absolute atomic E-state index is 13.2. The van der Waals surface area contributed by atoms with Gasteiger partial charge in [0.1, 0.15) is 11.0 Å². The second-order valence-electron chi connectivity index (χ2n) is 8.32. The maximum atomic E-state index is 13.2. The molecule has 0 radical (unpaired) electrons. The minimum atomic E-state index is -1.86. The Bertz CT molecular complexity index is 1400. The van der Waals surface area contributed by atoms with Crippen LogP contribution in [0.2, 0.25) is 0 Å². The van der Waals surface area contributed by atoms with Gasteiger partial charge in [0, 0.05) is 42.2 Å². The van der Waals surface area contributed by atoms with Gasteiger partial charge in [-0.05, 0) is 53.8 Å². The summed E-state index contributed by atoms with van der Waals surface area (Å²) < 4.78 is 14.3. The second-order valence-corrected chi connectivity index (χ2v) is 9.73. The first-order valence-corrected chi connectivity index (χ1v) is 12.7. The fourth-order valence-corrected chi connectivity index (χ4v) is 5.07. The Morgan fingerprint density at radius 1 is 1.00 bits per heavy atom. The van der Waals surface area contributed by atoms with Gasteiger partial charge in [0.05, 0.1) is 17.3 Å². The van der Waals surface area contributed by atoms with E-state index in [1.54, 1.807) is 11.8 Å². The van der Waals surface area contributed by atoms with Crippen LogP contribution in [0.4, 0.5) is 5.69 Å². The van der Waals surface area contributed by atoms with Gasteiger partial charge in [0.2, 0.25) is 0 Å². The van der Waals surface area contributed by atoms with Crippen LogP contribution < -0.4 is 4.90 Å². The fourth-order valence-electron chi connectivity index (χ4n) is 4.14. The van der Waals surface area contributed by atoms with Crippen molar-refractivity contribution in [3.8, 4) is 0 Å². The SMILES string of the molecule is CSc1ccc(C2(O)OC(=O)C(c3ccc4nsnc4c3)=C2Cc2ccc(N(C)C)cc2)cc1. The lowest BCUT2D eigenvalue weighted by Gasteiger charge is -2.26. The fraction of sp³-hybridized carbons (Fsp3) is 0.192. The van der Waals surface area contributed by atoms with E-state index in [1.165, 1.54) is 0 Å². The zero-order chi connectivity index (χ0) is 23.9. The van der Waals surface area contributed by atoms with Crippen molar-refractivity contribution in [1.82, 2.24) is 8.75 Å². The van der Waals surface area contributed by atoms with E-state index in [-0.39, 0.29) is 0 Å². The first-order valence-electron chi connectivity index (χ1n) is 10.7. The number of hydrogen-bond acceptors (Lipinski definition) is 8. The zero-order valence-electron chi connectivity index (χ0n) is 19.0. The molecule has 0 saturated heterocycles. The average Bonchev–Trinajstić information content (AvgIpc) is 3.41. The highest BCUT2D eigenvalue weighted by molar-refractivity contribution is 7.98. The van der Waals surface area contributed by atoms with Crippen molar-refractivity contribution >= 4 is 51.8 Å². The van der Waals surface area contributed by atoms with E-state index >= 15 is 0 Å². The molecule has 1 aromatic heterocycles. The monoisotopic (exact) mass is 489 g/mol. The Labute approximate surface area is 206 Å². The Balaban J connectivity index is 1.65. The van der Waals surface area contributed by atoms with Crippen LogP contribution in [0.1, 0.15) is 16.7 Å². The Hall–Kier alpha value is -3.20. The minimum absolute atomic E-state index is 0.350. The van der Waals surface area contributed by atoms with Crippen LogP contribution in [0.3, 0.4) is 0 Å². The van der Waals surface area contributed by atoms with Gasteiger partial charge in [0.15, 0.2) is 0 Å². The Morgan fingerprint density at radius 3 is 2.38 bits per heavy atom. The van der Waals surface area contributed by atoms with Gasteiger partial charge in [-0.2, -0.15) is 8.75 Å². The van der Waals surface area contributed by atoms with Gasteiger partial charge < -0.3 is 14.7 Å². The summed E-state index contributed by atoms with van der Waals surface area (Å²) in [5.74, 6) is -2.42. The topological polar surface area (TPSA) is 75.5 Å². The number of hydrogen-bond donors (Lipinski definition) is 1. The first-order chi connectivity index (χ1) is 16.4. The number of thioether (sulfide) groups is 1. The summed E-state index contributed by atoms with van der Waals surface area (Å²) in [6, 6.07) is 21.0. The summed E-state index contributed by atoms with van der Waals surface area (Å²) in [6.45, 7) is 0. The minimum Gasteiger partial charge on any atom is -0.421 e. The van der Waals surface area contributed by atoms with E-state index in [4.69, 9.17) is 4.74 Å². The highest BCUT2D eigenvalue weighted by atomic mass is 32.2. The van der Waals surface area contributed by atoms with Gasteiger partial charge in [0.25, 0.3) is 5.79 Å². The third-order valence-corrected chi connectivity index (χ3v) is 7.31. The number of aromatic nitrogens is 2. The average molecular weight is 490 g/mol. The molecule has 34 heavy (non-hydrogen) atoms. The molecule has 2 heterocycles. The van der Waals surface area contributed by atoms with Crippen LogP contribution in [-0.4, -0.2) is 40.2 Å². The Morgan fingerprint density at radius 2 is 1.71 bits per heavy atom. The number of rotatable bonds is 6. The van der Waals surface area contributed by atoms with Crippen LogP contribution in [0.15, 0.2) is 77.2 Å². The van der Waals surface area contributed by atoms with Gasteiger partial charge >= 0.3 is 5.97 Å². The number of aliphatic hydroxyl groups is 1. The summed E-state index contributed by atoms with van der Waals surface area (Å²) in [4.78, 5) is 16.3. The molecule has 0 bridgehead atoms. The lowest BCUT2D eigenvalue weighted by molar-refractivity contribution is -0.185. The van der Waals surface area contributed by atoms with Gasteiger partial charge in [-0.1, -0.05) is 30.3 Å². The van der Waals surface area contributed by atoms with E-state index in [1.807, 2.05) is 92.0 Å². The van der Waals surface area contributed by atoms with Crippen molar-refractivity contribution in [2.45, 2.75) is 17.1 Å². The number of anilines is 1. The number of fused-ring (bicyclic) bond motifs is 1. The summed E-state index contributed by atoms with van der Waals surface area (Å²) in [7, 11) is 3.97. The zero-order valence-corrected chi connectivity index (χ0v) is 20.6. The molecule has 0 fully saturated rings. The molecule has 0 aliphatic carbocycles. The molecule has 6 nitrogen and oxygen atoms in total. The molecule has 1 aliphatic rings. The third-order valence-electron chi connectivity index (χ3n) is 6.01. The molecule has 1 N–H and O–H groups in total. The van der Waals surface area contributed by atoms with Crippen LogP contribution in [0.5, 0.6) is 0 Å². The molecule has 1 atom stereocenters. The third kappa shape index (κ3) is 3.98. The largest absolute Gasteiger partial charge is 0.421 e. The van der Waals surface area contributed by atoms with Crippen LogP contribution in [0.25, 0.3) is 16.6 Å². The number of benzene rings is 3. The van der Waals surface area contributed by atoms with E-state index in [0.29, 0.717) is 34.2 Å². The summed E-state index contributed by atoms with van der Waals surface area (Å²) >= 11 is 2.73. The van der Waals surface area contributed by atoms with Crippen molar-refractivity contribution in [2.75, 3.05) is 25.3 Å². The van der Waals surface area contributed by atoms with Crippen LogP contribution in [-0.2, 0) is 21.7 Å². The summed E-state index contributed by atoms with van der Waals surface area (Å²) in [5.41, 5.74) is 5.55. The predicted octanol–water partition coefficient (Wildman–Crippen LogP) is 4.88. The molecule has 0 amide bonds. The first kappa shape index (κ1) is 22.6. The highest BCUT2D eigenvalue weighted by Gasteiger charge is 2.48. The highest BCUT2D eigenvalue weighted by Crippen LogP contribution is 2.45. The molecule has 5 rings (SSSR count). The molecular formula is C26H23N3O3S2. The van der Waals surface area contributed by atoms with Crippen molar-refractivity contribution in [3.63, 3.8) is 0 Å². The number of cyclic esters (lactones) is 1. The standard InChI is InChI=1S/C26H23N3O3S2/c1-29(2)19-9-4-16(5-10-19)14-21-24(17-6-13-22-23(15-17)28-34-27-22)25(30)32-26(21,31)18-7-11-20(33-3)12-8-18/h4-13,15,31H,14H2,1-3H3. The molecule has 0 saturated carbocycles. The molecule has 0 spiro atoms. The molecule has 1 unspecified atom stereocenters. The lowest BCUT2D eigenvalue weighted by Crippen LogP contribution is -2.29.